The van der Waals surface area contributed by atoms with E-state index < -0.39 is 5.91 Å². The van der Waals surface area contributed by atoms with Crippen LogP contribution >= 0.6 is 0 Å². The number of amides is 3. The molecule has 7 heteroatoms. The van der Waals surface area contributed by atoms with E-state index in [9.17, 15) is 14.4 Å². The minimum atomic E-state index is -0.654. The Kier molecular flexibility index (Phi) is 2.83. The van der Waals surface area contributed by atoms with Crippen LogP contribution in [0.2, 0.25) is 0 Å². The van der Waals surface area contributed by atoms with E-state index in [2.05, 4.69) is 5.10 Å². The first-order chi connectivity index (χ1) is 9.99. The van der Waals surface area contributed by atoms with Crippen molar-refractivity contribution >= 4 is 17.7 Å². The molecule has 2 aromatic rings. The minimum Gasteiger partial charge on any atom is -0.364 e. The van der Waals surface area contributed by atoms with E-state index >= 15 is 0 Å². The first-order valence-corrected chi connectivity index (χ1v) is 6.27. The number of nitrogens with two attached hydrogens (primary N) is 1. The summed E-state index contributed by atoms with van der Waals surface area (Å²) >= 11 is 0. The van der Waals surface area contributed by atoms with Crippen molar-refractivity contribution in [3.63, 3.8) is 0 Å². The van der Waals surface area contributed by atoms with Gasteiger partial charge >= 0.3 is 0 Å². The van der Waals surface area contributed by atoms with Gasteiger partial charge in [0.1, 0.15) is 5.69 Å². The normalized spacial score (nSPS) is 13.7. The number of carbonyl (C=O) groups is 3. The Morgan fingerprint density at radius 1 is 1.19 bits per heavy atom. The first kappa shape index (κ1) is 13.0. The average molecular weight is 284 g/mol. The maximum Gasteiger partial charge on any atom is 0.269 e. The molecule has 2 N–H and O–H groups in total. The summed E-state index contributed by atoms with van der Waals surface area (Å²) in [5.74, 6) is -1.35. The highest BCUT2D eigenvalue weighted by Gasteiger charge is 2.35. The van der Waals surface area contributed by atoms with Gasteiger partial charge in [-0.05, 0) is 18.2 Å². The number of hydrogen-bond acceptors (Lipinski definition) is 4. The van der Waals surface area contributed by atoms with Gasteiger partial charge in [-0.15, -0.1) is 0 Å². The number of aromatic nitrogens is 2. The quantitative estimate of drug-likeness (QED) is 0.820. The molecular formula is C14H12N4O3. The van der Waals surface area contributed by atoms with E-state index in [1.807, 2.05) is 0 Å². The molecule has 0 aliphatic carbocycles. The van der Waals surface area contributed by atoms with Crippen molar-refractivity contribution in [1.82, 2.24) is 14.7 Å². The lowest BCUT2D eigenvalue weighted by atomic mass is 10.1. The Morgan fingerprint density at radius 3 is 2.24 bits per heavy atom. The van der Waals surface area contributed by atoms with Crippen LogP contribution in [0.4, 0.5) is 0 Å². The second kappa shape index (κ2) is 4.55. The molecule has 0 saturated heterocycles. The maximum absolute atomic E-state index is 12.2. The minimum absolute atomic E-state index is 0.0448. The molecular weight excluding hydrogens is 272 g/mol. The van der Waals surface area contributed by atoms with Crippen LogP contribution in [0.1, 0.15) is 36.9 Å². The van der Waals surface area contributed by atoms with Gasteiger partial charge in [0, 0.05) is 7.05 Å². The van der Waals surface area contributed by atoms with Gasteiger partial charge < -0.3 is 5.73 Å². The molecule has 1 aliphatic heterocycles. The molecule has 21 heavy (non-hydrogen) atoms. The van der Waals surface area contributed by atoms with E-state index in [0.29, 0.717) is 16.8 Å². The summed E-state index contributed by atoms with van der Waals surface area (Å²) in [5.41, 5.74) is 6.60. The molecule has 2 heterocycles. The molecule has 0 spiro atoms. The molecule has 0 atom stereocenters. The number of aryl methyl sites for hydroxylation is 1. The summed E-state index contributed by atoms with van der Waals surface area (Å²) in [6.45, 7) is 0.0448. The third-order valence-corrected chi connectivity index (χ3v) is 3.43. The Bertz CT molecular complexity index is 743. The molecule has 0 bridgehead atoms. The predicted octanol–water partition coefficient (Wildman–Crippen LogP) is 0.315. The topological polar surface area (TPSA) is 98.3 Å². The van der Waals surface area contributed by atoms with Crippen LogP contribution in [0.3, 0.4) is 0 Å². The molecule has 1 aliphatic rings. The van der Waals surface area contributed by atoms with E-state index in [0.717, 1.165) is 4.90 Å². The summed E-state index contributed by atoms with van der Waals surface area (Å²) < 4.78 is 1.43. The van der Waals surface area contributed by atoms with Gasteiger partial charge in [0.05, 0.1) is 23.4 Å². The Hall–Kier alpha value is -2.96. The largest absolute Gasteiger partial charge is 0.364 e. The van der Waals surface area contributed by atoms with Crippen molar-refractivity contribution in [3.05, 3.63) is 52.8 Å². The summed E-state index contributed by atoms with van der Waals surface area (Å²) in [5, 5.41) is 3.94. The zero-order chi connectivity index (χ0) is 15.1. The number of benzene rings is 1. The monoisotopic (exact) mass is 284 g/mol. The lowest BCUT2D eigenvalue weighted by molar-refractivity contribution is 0.0638. The van der Waals surface area contributed by atoms with Crippen LogP contribution in [0.15, 0.2) is 30.3 Å². The fraction of sp³-hybridized carbons (Fsp3) is 0.143. The smallest absolute Gasteiger partial charge is 0.269 e. The molecule has 7 nitrogen and oxygen atoms in total. The maximum atomic E-state index is 12.2. The molecule has 0 saturated carbocycles. The molecule has 106 valence electrons. The second-order valence-electron chi connectivity index (χ2n) is 4.75. The lowest BCUT2D eigenvalue weighted by Gasteiger charge is -2.13. The highest BCUT2D eigenvalue weighted by Crippen LogP contribution is 2.24. The van der Waals surface area contributed by atoms with Crippen LogP contribution in [-0.2, 0) is 13.6 Å². The van der Waals surface area contributed by atoms with Gasteiger partial charge in [-0.1, -0.05) is 12.1 Å². The number of rotatable bonds is 3. The Morgan fingerprint density at radius 2 is 1.76 bits per heavy atom. The number of fused-ring (bicyclic) bond motifs is 1. The Balaban J connectivity index is 1.92. The van der Waals surface area contributed by atoms with Crippen molar-refractivity contribution in [2.45, 2.75) is 6.54 Å². The fourth-order valence-electron chi connectivity index (χ4n) is 2.32. The summed E-state index contributed by atoms with van der Waals surface area (Å²) in [6.07, 6.45) is 0. The number of nitrogens with zero attached hydrogens (tertiary/aromatic N) is 3. The second-order valence-corrected chi connectivity index (χ2v) is 4.75. The van der Waals surface area contributed by atoms with E-state index in [1.54, 1.807) is 31.3 Å². The van der Waals surface area contributed by atoms with Crippen LogP contribution in [0, 0.1) is 0 Å². The zero-order valence-corrected chi connectivity index (χ0v) is 11.2. The molecule has 1 aromatic carbocycles. The van der Waals surface area contributed by atoms with Crippen LogP contribution in [0.25, 0.3) is 0 Å². The van der Waals surface area contributed by atoms with E-state index in [-0.39, 0.29) is 24.1 Å². The van der Waals surface area contributed by atoms with E-state index in [4.69, 9.17) is 5.73 Å². The number of primary amides is 1. The van der Waals surface area contributed by atoms with Crippen molar-refractivity contribution in [2.24, 2.45) is 12.8 Å². The van der Waals surface area contributed by atoms with Gasteiger partial charge in [0.25, 0.3) is 17.7 Å². The highest BCUT2D eigenvalue weighted by atomic mass is 16.2. The summed E-state index contributed by atoms with van der Waals surface area (Å²) in [7, 11) is 1.62. The highest BCUT2D eigenvalue weighted by molar-refractivity contribution is 6.21. The van der Waals surface area contributed by atoms with Crippen molar-refractivity contribution in [2.75, 3.05) is 0 Å². The molecule has 0 radical (unpaired) electrons. The molecule has 1 aromatic heterocycles. The average Bonchev–Trinajstić information content (AvgIpc) is 2.94. The number of hydrogen-bond donors (Lipinski definition) is 1. The van der Waals surface area contributed by atoms with Gasteiger partial charge in [-0.2, -0.15) is 5.10 Å². The molecule has 3 rings (SSSR count). The Labute approximate surface area is 119 Å². The van der Waals surface area contributed by atoms with Crippen LogP contribution < -0.4 is 5.73 Å². The molecule has 0 fully saturated rings. The summed E-state index contributed by atoms with van der Waals surface area (Å²) in [6, 6.07) is 8.14. The van der Waals surface area contributed by atoms with Crippen molar-refractivity contribution < 1.29 is 14.4 Å². The summed E-state index contributed by atoms with van der Waals surface area (Å²) in [4.78, 5) is 36.7. The van der Waals surface area contributed by atoms with Gasteiger partial charge in [0.15, 0.2) is 0 Å². The number of carbonyl (C=O) groups excluding carboxylic acids is 3. The SMILES string of the molecule is Cn1nc(C(N)=O)cc1CN1C(=O)c2ccccc2C1=O. The van der Waals surface area contributed by atoms with Crippen molar-refractivity contribution in [3.8, 4) is 0 Å². The third kappa shape index (κ3) is 1.99. The first-order valence-electron chi connectivity index (χ1n) is 6.27. The predicted molar refractivity (Wildman–Crippen MR) is 72.4 cm³/mol. The molecule has 3 amide bonds. The molecule has 0 unspecified atom stereocenters. The zero-order valence-electron chi connectivity index (χ0n) is 11.2. The third-order valence-electron chi connectivity index (χ3n) is 3.43. The van der Waals surface area contributed by atoms with Crippen LogP contribution in [-0.4, -0.2) is 32.4 Å². The standard InChI is InChI=1S/C14H12N4O3/c1-17-8(6-11(16-17)12(15)19)7-18-13(20)9-4-2-3-5-10(9)14(18)21/h2-6H,7H2,1H3,(H2,15,19). The van der Waals surface area contributed by atoms with Gasteiger partial charge in [-0.3, -0.25) is 24.0 Å². The van der Waals surface area contributed by atoms with Crippen LogP contribution in [0.5, 0.6) is 0 Å². The fourth-order valence-corrected chi connectivity index (χ4v) is 2.32. The lowest BCUT2D eigenvalue weighted by Crippen LogP contribution is -2.30. The van der Waals surface area contributed by atoms with E-state index in [1.165, 1.54) is 10.7 Å². The van der Waals surface area contributed by atoms with Gasteiger partial charge in [0.2, 0.25) is 0 Å². The van der Waals surface area contributed by atoms with Gasteiger partial charge in [-0.25, -0.2) is 0 Å². The number of imide groups is 1. The van der Waals surface area contributed by atoms with Crippen molar-refractivity contribution in [1.29, 1.82) is 0 Å².